The monoisotopic (exact) mass is 407 g/mol. The maximum atomic E-state index is 13.0. The molecule has 2 amide bonds. The molecule has 4 rings (SSSR count). The number of carbonyl (C=O) groups excluding carboxylic acids is 2. The second-order valence-electron chi connectivity index (χ2n) is 8.40. The van der Waals surface area contributed by atoms with E-state index in [1.165, 1.54) is 11.1 Å². The molecule has 1 fully saturated rings. The van der Waals surface area contributed by atoms with Crippen LogP contribution in [0, 0.1) is 6.92 Å². The number of ether oxygens (including phenoxy) is 1. The van der Waals surface area contributed by atoms with Gasteiger partial charge < -0.3 is 20.3 Å². The van der Waals surface area contributed by atoms with E-state index in [9.17, 15) is 9.59 Å². The van der Waals surface area contributed by atoms with E-state index in [4.69, 9.17) is 4.74 Å². The SMILES string of the molecule is Cc1ccccc1C1(CNC(=O)c2ccc3c(c2)NC(=O)C(C)N3C)CCOCC1. The van der Waals surface area contributed by atoms with Crippen molar-refractivity contribution in [2.45, 2.75) is 38.1 Å². The van der Waals surface area contributed by atoms with Crippen molar-refractivity contribution in [3.05, 3.63) is 59.2 Å². The number of nitrogens with one attached hydrogen (secondary N) is 2. The average molecular weight is 408 g/mol. The molecule has 0 aromatic heterocycles. The summed E-state index contributed by atoms with van der Waals surface area (Å²) >= 11 is 0. The Morgan fingerprint density at radius 3 is 2.70 bits per heavy atom. The van der Waals surface area contributed by atoms with Crippen molar-refractivity contribution in [1.82, 2.24) is 5.32 Å². The van der Waals surface area contributed by atoms with Crippen LogP contribution in [-0.4, -0.2) is 44.7 Å². The van der Waals surface area contributed by atoms with E-state index in [0.717, 1.165) is 18.5 Å². The Morgan fingerprint density at radius 2 is 1.97 bits per heavy atom. The fourth-order valence-corrected chi connectivity index (χ4v) is 4.53. The van der Waals surface area contributed by atoms with Crippen molar-refractivity contribution >= 4 is 23.2 Å². The van der Waals surface area contributed by atoms with Gasteiger partial charge in [-0.3, -0.25) is 9.59 Å². The molecule has 2 aliphatic heterocycles. The molecule has 0 aliphatic carbocycles. The number of carbonyl (C=O) groups is 2. The summed E-state index contributed by atoms with van der Waals surface area (Å²) in [6.45, 7) is 5.93. The lowest BCUT2D eigenvalue weighted by atomic mass is 9.72. The van der Waals surface area contributed by atoms with Crippen LogP contribution in [0.1, 0.15) is 41.3 Å². The second kappa shape index (κ2) is 8.11. The predicted octanol–water partition coefficient (Wildman–Crippen LogP) is 3.25. The lowest BCUT2D eigenvalue weighted by Gasteiger charge is -2.39. The first kappa shape index (κ1) is 20.4. The fraction of sp³-hybridized carbons (Fsp3) is 0.417. The van der Waals surface area contributed by atoms with E-state index in [2.05, 4.69) is 35.8 Å². The summed E-state index contributed by atoms with van der Waals surface area (Å²) in [6.07, 6.45) is 1.75. The highest BCUT2D eigenvalue weighted by Crippen LogP contribution is 2.36. The van der Waals surface area contributed by atoms with E-state index >= 15 is 0 Å². The molecule has 30 heavy (non-hydrogen) atoms. The number of hydrogen-bond donors (Lipinski definition) is 2. The number of fused-ring (bicyclic) bond motifs is 1. The first-order valence-electron chi connectivity index (χ1n) is 10.5. The lowest BCUT2D eigenvalue weighted by Crippen LogP contribution is -2.45. The van der Waals surface area contributed by atoms with Crippen LogP contribution in [-0.2, 0) is 14.9 Å². The first-order chi connectivity index (χ1) is 14.4. The van der Waals surface area contributed by atoms with E-state index in [0.29, 0.717) is 31.0 Å². The number of anilines is 2. The molecule has 158 valence electrons. The molecule has 6 heteroatoms. The molecule has 0 bridgehead atoms. The van der Waals surface area contributed by atoms with Gasteiger partial charge in [0.1, 0.15) is 6.04 Å². The van der Waals surface area contributed by atoms with Gasteiger partial charge in [-0.25, -0.2) is 0 Å². The summed E-state index contributed by atoms with van der Waals surface area (Å²) in [5.41, 5.74) is 4.53. The van der Waals surface area contributed by atoms with Crippen molar-refractivity contribution in [2.24, 2.45) is 0 Å². The van der Waals surface area contributed by atoms with Crippen molar-refractivity contribution in [3.63, 3.8) is 0 Å². The summed E-state index contributed by atoms with van der Waals surface area (Å²) < 4.78 is 5.61. The van der Waals surface area contributed by atoms with Crippen LogP contribution in [0.15, 0.2) is 42.5 Å². The van der Waals surface area contributed by atoms with Gasteiger partial charge in [-0.15, -0.1) is 0 Å². The van der Waals surface area contributed by atoms with Gasteiger partial charge >= 0.3 is 0 Å². The highest BCUT2D eigenvalue weighted by molar-refractivity contribution is 6.05. The van der Waals surface area contributed by atoms with E-state index < -0.39 is 0 Å². The van der Waals surface area contributed by atoms with Crippen molar-refractivity contribution < 1.29 is 14.3 Å². The molecule has 2 aromatic rings. The summed E-state index contributed by atoms with van der Waals surface area (Å²) in [4.78, 5) is 27.1. The topological polar surface area (TPSA) is 70.7 Å². The fourth-order valence-electron chi connectivity index (χ4n) is 4.53. The predicted molar refractivity (Wildman–Crippen MR) is 118 cm³/mol. The van der Waals surface area contributed by atoms with Gasteiger partial charge in [0.15, 0.2) is 0 Å². The van der Waals surface area contributed by atoms with Gasteiger partial charge in [0.25, 0.3) is 5.91 Å². The van der Waals surface area contributed by atoms with Crippen LogP contribution in [0.3, 0.4) is 0 Å². The molecule has 2 N–H and O–H groups in total. The Labute approximate surface area is 177 Å². The number of hydrogen-bond acceptors (Lipinski definition) is 4. The Bertz CT molecular complexity index is 966. The van der Waals surface area contributed by atoms with Gasteiger partial charge in [-0.1, -0.05) is 24.3 Å². The zero-order valence-electron chi connectivity index (χ0n) is 17.8. The third kappa shape index (κ3) is 3.67. The largest absolute Gasteiger partial charge is 0.381 e. The summed E-state index contributed by atoms with van der Waals surface area (Å²) in [5.74, 6) is -0.198. The molecule has 0 spiro atoms. The van der Waals surface area contributed by atoms with Gasteiger partial charge in [0, 0.05) is 37.8 Å². The third-order valence-electron chi connectivity index (χ3n) is 6.61. The highest BCUT2D eigenvalue weighted by Gasteiger charge is 2.36. The Hall–Kier alpha value is -2.86. The molecule has 0 radical (unpaired) electrons. The molecule has 1 unspecified atom stereocenters. The average Bonchev–Trinajstić information content (AvgIpc) is 2.76. The van der Waals surface area contributed by atoms with Crippen LogP contribution < -0.4 is 15.5 Å². The number of benzene rings is 2. The van der Waals surface area contributed by atoms with Crippen LogP contribution >= 0.6 is 0 Å². The summed E-state index contributed by atoms with van der Waals surface area (Å²) in [7, 11) is 1.89. The van der Waals surface area contributed by atoms with E-state index in [1.807, 2.05) is 37.1 Å². The van der Waals surface area contributed by atoms with E-state index in [-0.39, 0.29) is 23.3 Å². The minimum atomic E-state index is -0.236. The minimum Gasteiger partial charge on any atom is -0.381 e. The third-order valence-corrected chi connectivity index (χ3v) is 6.61. The zero-order chi connectivity index (χ0) is 21.3. The first-order valence-corrected chi connectivity index (χ1v) is 10.5. The van der Waals surface area contributed by atoms with Gasteiger partial charge in [-0.05, 0) is 56.0 Å². The quantitative estimate of drug-likeness (QED) is 0.816. The molecule has 0 saturated carbocycles. The number of aryl methyl sites for hydroxylation is 1. The molecule has 2 heterocycles. The maximum Gasteiger partial charge on any atom is 0.251 e. The standard InChI is InChI=1S/C24H29N3O3/c1-16-6-4-5-7-19(16)24(10-12-30-13-11-24)15-25-23(29)18-8-9-21-20(14-18)26-22(28)17(2)27(21)3/h4-9,14,17H,10-13,15H2,1-3H3,(H,25,29)(H,26,28). The number of nitrogens with zero attached hydrogens (tertiary/aromatic N) is 1. The van der Waals surface area contributed by atoms with Crippen molar-refractivity contribution in [1.29, 1.82) is 0 Å². The van der Waals surface area contributed by atoms with E-state index in [1.54, 1.807) is 6.07 Å². The Kier molecular flexibility index (Phi) is 5.52. The van der Waals surface area contributed by atoms with Crippen LogP contribution in [0.2, 0.25) is 0 Å². The molecule has 1 atom stereocenters. The smallest absolute Gasteiger partial charge is 0.251 e. The summed E-state index contributed by atoms with van der Waals surface area (Å²) in [5, 5.41) is 6.06. The molecular formula is C24H29N3O3. The number of amides is 2. The number of likely N-dealkylation sites (N-methyl/N-ethyl adjacent to an activating group) is 1. The normalized spacial score (nSPS) is 20.3. The van der Waals surface area contributed by atoms with Crippen LogP contribution in [0.5, 0.6) is 0 Å². The molecule has 1 saturated heterocycles. The Morgan fingerprint density at radius 1 is 1.23 bits per heavy atom. The summed E-state index contributed by atoms with van der Waals surface area (Å²) in [6, 6.07) is 13.6. The van der Waals surface area contributed by atoms with Crippen molar-refractivity contribution in [2.75, 3.05) is 37.0 Å². The molecule has 2 aromatic carbocycles. The van der Waals surface area contributed by atoms with Crippen LogP contribution in [0.25, 0.3) is 0 Å². The molecular weight excluding hydrogens is 378 g/mol. The molecule has 6 nitrogen and oxygen atoms in total. The molecule has 2 aliphatic rings. The second-order valence-corrected chi connectivity index (χ2v) is 8.40. The van der Waals surface area contributed by atoms with Gasteiger partial charge in [0.2, 0.25) is 5.91 Å². The highest BCUT2D eigenvalue weighted by atomic mass is 16.5. The van der Waals surface area contributed by atoms with Crippen LogP contribution in [0.4, 0.5) is 11.4 Å². The Balaban J connectivity index is 1.54. The van der Waals surface area contributed by atoms with Gasteiger partial charge in [-0.2, -0.15) is 0 Å². The number of rotatable bonds is 4. The van der Waals surface area contributed by atoms with Gasteiger partial charge in [0.05, 0.1) is 11.4 Å². The minimum absolute atomic E-state index is 0.0664. The zero-order valence-corrected chi connectivity index (χ0v) is 17.8. The lowest BCUT2D eigenvalue weighted by molar-refractivity contribution is -0.117. The maximum absolute atomic E-state index is 13.0. The van der Waals surface area contributed by atoms with Crippen molar-refractivity contribution in [3.8, 4) is 0 Å².